The molecule has 3 aliphatic heterocycles. The fourth-order valence-electron chi connectivity index (χ4n) is 3.75. The van der Waals surface area contributed by atoms with Gasteiger partial charge in [0.2, 0.25) is 0 Å². The van der Waals surface area contributed by atoms with Crippen molar-refractivity contribution >= 4 is 8.15 Å². The molecular weight excluding hydrogens is 367 g/mol. The van der Waals surface area contributed by atoms with Crippen LogP contribution in [0.25, 0.3) is 0 Å². The minimum atomic E-state index is -0.683. The summed E-state index contributed by atoms with van der Waals surface area (Å²) in [7, 11) is -0.683. The molecule has 0 aromatic heterocycles. The molecule has 158 valence electrons. The van der Waals surface area contributed by atoms with E-state index in [2.05, 4.69) is 34.6 Å². The maximum atomic E-state index is 6.79. The molecule has 0 amide bonds. The van der Waals surface area contributed by atoms with Crippen molar-refractivity contribution in [2.24, 2.45) is 5.92 Å². The number of hydrogen-bond acceptors (Lipinski definition) is 6. The molecule has 6 nitrogen and oxygen atoms in total. The van der Waals surface area contributed by atoms with Crippen LogP contribution in [0.15, 0.2) is 0 Å². The fourth-order valence-corrected chi connectivity index (χ4v) is 5.90. The van der Waals surface area contributed by atoms with Gasteiger partial charge in [-0.3, -0.25) is 0 Å². The Labute approximate surface area is 165 Å². The summed E-state index contributed by atoms with van der Waals surface area (Å²) in [5.41, 5.74) is 0. The third kappa shape index (κ3) is 5.03. The zero-order valence-electron chi connectivity index (χ0n) is 18.3. The first kappa shape index (κ1) is 21.9. The summed E-state index contributed by atoms with van der Waals surface area (Å²) in [6.45, 7) is 19.4. The number of hydrogen-bond donors (Lipinski definition) is 0. The quantitative estimate of drug-likeness (QED) is 0.639. The van der Waals surface area contributed by atoms with Gasteiger partial charge in [0.1, 0.15) is 24.4 Å². The summed E-state index contributed by atoms with van der Waals surface area (Å²) in [6, 6.07) is 0. The Bertz CT molecular complexity index is 529. The van der Waals surface area contributed by atoms with Gasteiger partial charge in [-0.25, -0.2) is 0 Å². The number of fused-ring (bicyclic) bond motifs is 1. The summed E-state index contributed by atoms with van der Waals surface area (Å²) in [6.07, 6.45) is -0.338. The highest BCUT2D eigenvalue weighted by molar-refractivity contribution is 7.54. The standard InChI is InChI=1S/C20H37O6P/c1-12(2)11-27(18(3,4)5)26-15-14(13-10-21-19(6,7)23-13)22-17-16(15)24-20(8,9)25-17/h12-17H,10-11H2,1-9H3/t13?,14-,15+,16-,17-,27+/m1/s1. The molecule has 3 aliphatic rings. The van der Waals surface area contributed by atoms with Gasteiger partial charge in [-0.1, -0.05) is 34.6 Å². The van der Waals surface area contributed by atoms with Gasteiger partial charge >= 0.3 is 0 Å². The first-order valence-electron chi connectivity index (χ1n) is 10.0. The van der Waals surface area contributed by atoms with Crippen molar-refractivity contribution in [2.75, 3.05) is 12.8 Å². The van der Waals surface area contributed by atoms with E-state index >= 15 is 0 Å². The highest BCUT2D eigenvalue weighted by Crippen LogP contribution is 2.55. The second kappa shape index (κ2) is 7.46. The molecule has 6 atom stereocenters. The van der Waals surface area contributed by atoms with Crippen molar-refractivity contribution in [2.45, 2.75) is 110 Å². The molecule has 0 radical (unpaired) electrons. The van der Waals surface area contributed by atoms with Crippen molar-refractivity contribution in [3.05, 3.63) is 0 Å². The normalized spacial score (nSPS) is 39.1. The van der Waals surface area contributed by atoms with Gasteiger partial charge in [-0.15, -0.1) is 0 Å². The van der Waals surface area contributed by atoms with Gasteiger partial charge in [-0.2, -0.15) is 0 Å². The minimum Gasteiger partial charge on any atom is -0.350 e. The lowest BCUT2D eigenvalue weighted by Gasteiger charge is -2.37. The molecular formula is C20H37O6P. The molecule has 7 heteroatoms. The van der Waals surface area contributed by atoms with E-state index in [-0.39, 0.29) is 29.6 Å². The first-order valence-corrected chi connectivity index (χ1v) is 11.5. The minimum absolute atomic E-state index is 0.0729. The molecule has 0 saturated carbocycles. The second-order valence-corrected chi connectivity index (χ2v) is 12.8. The van der Waals surface area contributed by atoms with Gasteiger partial charge in [0.05, 0.1) is 6.61 Å². The van der Waals surface area contributed by atoms with Crippen LogP contribution in [-0.4, -0.2) is 60.2 Å². The molecule has 0 N–H and O–H groups in total. The van der Waals surface area contributed by atoms with Gasteiger partial charge in [0.25, 0.3) is 0 Å². The Morgan fingerprint density at radius 1 is 1.00 bits per heavy atom. The number of rotatable bonds is 5. The number of ether oxygens (including phenoxy) is 5. The fraction of sp³-hybridized carbons (Fsp3) is 1.00. The third-order valence-electron chi connectivity index (χ3n) is 4.95. The zero-order valence-corrected chi connectivity index (χ0v) is 19.2. The van der Waals surface area contributed by atoms with E-state index in [1.54, 1.807) is 0 Å². The predicted octanol–water partition coefficient (Wildman–Crippen LogP) is 4.25. The largest absolute Gasteiger partial charge is 0.350 e. The van der Waals surface area contributed by atoms with Gasteiger partial charge in [0.15, 0.2) is 17.9 Å². The highest BCUT2D eigenvalue weighted by Gasteiger charge is 2.59. The molecule has 0 aliphatic carbocycles. The van der Waals surface area contributed by atoms with E-state index < -0.39 is 26.0 Å². The van der Waals surface area contributed by atoms with Crippen molar-refractivity contribution < 1.29 is 28.2 Å². The maximum absolute atomic E-state index is 6.79. The molecule has 3 rings (SSSR count). The summed E-state index contributed by atoms with van der Waals surface area (Å²) >= 11 is 0. The van der Waals surface area contributed by atoms with Crippen LogP contribution in [0.4, 0.5) is 0 Å². The van der Waals surface area contributed by atoms with E-state index in [0.29, 0.717) is 12.5 Å². The Balaban J connectivity index is 1.81. The van der Waals surface area contributed by atoms with Crippen LogP contribution in [0.5, 0.6) is 0 Å². The molecule has 0 spiro atoms. The topological polar surface area (TPSA) is 55.4 Å². The summed E-state index contributed by atoms with van der Waals surface area (Å²) in [5.74, 6) is -0.713. The van der Waals surface area contributed by atoms with Crippen LogP contribution in [0, 0.1) is 5.92 Å². The van der Waals surface area contributed by atoms with Crippen LogP contribution in [0.2, 0.25) is 0 Å². The van der Waals surface area contributed by atoms with E-state index in [4.69, 9.17) is 28.2 Å². The summed E-state index contributed by atoms with van der Waals surface area (Å²) in [5, 5.41) is 0.0729. The Hall–Kier alpha value is 0.190. The van der Waals surface area contributed by atoms with Gasteiger partial charge in [0, 0.05) is 13.3 Å². The van der Waals surface area contributed by atoms with Gasteiger partial charge in [-0.05, 0) is 39.8 Å². The molecule has 3 heterocycles. The zero-order chi connectivity index (χ0) is 20.2. The summed E-state index contributed by atoms with van der Waals surface area (Å²) in [4.78, 5) is 0. The first-order chi connectivity index (χ1) is 12.3. The van der Waals surface area contributed by atoms with Crippen molar-refractivity contribution in [1.82, 2.24) is 0 Å². The van der Waals surface area contributed by atoms with E-state index in [0.717, 1.165) is 6.16 Å². The van der Waals surface area contributed by atoms with Crippen molar-refractivity contribution in [3.8, 4) is 0 Å². The monoisotopic (exact) mass is 404 g/mol. The smallest absolute Gasteiger partial charge is 0.190 e. The predicted molar refractivity (Wildman–Crippen MR) is 105 cm³/mol. The Morgan fingerprint density at radius 2 is 1.67 bits per heavy atom. The van der Waals surface area contributed by atoms with Crippen LogP contribution in [0.3, 0.4) is 0 Å². The average Bonchev–Trinajstić information content (AvgIpc) is 3.07. The molecule has 3 fully saturated rings. The second-order valence-electron chi connectivity index (χ2n) is 10.1. The SMILES string of the molecule is CC(C)C[P@](O[C@@H]1[C@H]2OC(C)(C)O[C@H]2O[C@@H]1C1COC(C)(C)O1)C(C)(C)C. The average molecular weight is 404 g/mol. The van der Waals surface area contributed by atoms with Crippen LogP contribution < -0.4 is 0 Å². The summed E-state index contributed by atoms with van der Waals surface area (Å²) < 4.78 is 37.1. The molecule has 0 aromatic rings. The maximum Gasteiger partial charge on any atom is 0.190 e. The van der Waals surface area contributed by atoms with Crippen molar-refractivity contribution in [1.29, 1.82) is 0 Å². The lowest BCUT2D eigenvalue weighted by Crippen LogP contribution is -2.44. The van der Waals surface area contributed by atoms with E-state index in [1.807, 2.05) is 27.7 Å². The van der Waals surface area contributed by atoms with Crippen LogP contribution in [-0.2, 0) is 28.2 Å². The van der Waals surface area contributed by atoms with Crippen LogP contribution >= 0.6 is 8.15 Å². The highest BCUT2D eigenvalue weighted by atomic mass is 31.1. The molecule has 3 saturated heterocycles. The lowest BCUT2D eigenvalue weighted by molar-refractivity contribution is -0.230. The van der Waals surface area contributed by atoms with E-state index in [9.17, 15) is 0 Å². The van der Waals surface area contributed by atoms with Crippen molar-refractivity contribution in [3.63, 3.8) is 0 Å². The lowest BCUT2D eigenvalue weighted by atomic mass is 10.1. The third-order valence-corrected chi connectivity index (χ3v) is 8.01. The molecule has 1 unspecified atom stereocenters. The Morgan fingerprint density at radius 3 is 2.19 bits per heavy atom. The molecule has 27 heavy (non-hydrogen) atoms. The van der Waals surface area contributed by atoms with Crippen LogP contribution in [0.1, 0.15) is 62.3 Å². The van der Waals surface area contributed by atoms with Gasteiger partial charge < -0.3 is 28.2 Å². The molecule has 0 aromatic carbocycles. The Kier molecular flexibility index (Phi) is 6.05. The van der Waals surface area contributed by atoms with E-state index in [1.165, 1.54) is 0 Å². The molecule has 0 bridgehead atoms.